The number of amides is 2. The lowest BCUT2D eigenvalue weighted by Gasteiger charge is -2.12. The Hall–Kier alpha value is -4.03. The summed E-state index contributed by atoms with van der Waals surface area (Å²) in [5, 5.41) is 14.8. The Morgan fingerprint density at radius 3 is 2.13 bits per heavy atom. The molecule has 0 fully saturated rings. The molecule has 0 spiro atoms. The molecular weight excluding hydrogens is 586 g/mol. The van der Waals surface area contributed by atoms with Crippen molar-refractivity contribution in [1.29, 1.82) is 0 Å². The number of anilines is 1. The highest BCUT2D eigenvalue weighted by Gasteiger charge is 2.18. The Balaban J connectivity index is 1.50. The number of hydrogen-bond donors (Lipinski definition) is 2. The number of nitrogens with zero attached hydrogens (tertiary/aromatic N) is 3. The molecular formula is C27H26BrN5O5S. The van der Waals surface area contributed by atoms with Crippen molar-refractivity contribution in [3.8, 4) is 22.9 Å². The molecule has 0 aliphatic rings. The van der Waals surface area contributed by atoms with Crippen molar-refractivity contribution in [3.63, 3.8) is 0 Å². The molecule has 2 N–H and O–H groups in total. The van der Waals surface area contributed by atoms with Gasteiger partial charge in [-0.1, -0.05) is 27.7 Å². The van der Waals surface area contributed by atoms with Crippen molar-refractivity contribution in [1.82, 2.24) is 20.1 Å². The number of nitrogens with one attached hydrogen (secondary N) is 2. The first-order chi connectivity index (χ1) is 18.9. The quantitative estimate of drug-likeness (QED) is 0.234. The maximum atomic E-state index is 12.9. The van der Waals surface area contributed by atoms with Gasteiger partial charge in [-0.15, -0.1) is 10.2 Å². The summed E-state index contributed by atoms with van der Waals surface area (Å²) in [5.41, 5.74) is 1.83. The lowest BCUT2D eigenvalue weighted by molar-refractivity contribution is -0.113. The Bertz CT molecular complexity index is 1420. The Labute approximate surface area is 238 Å². The molecule has 4 rings (SSSR count). The van der Waals surface area contributed by atoms with Crippen LogP contribution in [0.2, 0.25) is 0 Å². The van der Waals surface area contributed by atoms with Crippen LogP contribution in [-0.4, -0.2) is 53.7 Å². The number of methoxy groups -OCH3 is 3. The maximum absolute atomic E-state index is 12.9. The minimum Gasteiger partial charge on any atom is -0.497 e. The molecule has 1 aromatic heterocycles. The van der Waals surface area contributed by atoms with Crippen LogP contribution in [0.5, 0.6) is 17.2 Å². The van der Waals surface area contributed by atoms with Gasteiger partial charge in [-0.2, -0.15) is 0 Å². The summed E-state index contributed by atoms with van der Waals surface area (Å²) in [7, 11) is 4.63. The molecule has 0 radical (unpaired) electrons. The summed E-state index contributed by atoms with van der Waals surface area (Å²) in [6.07, 6.45) is 0. The highest BCUT2D eigenvalue weighted by Crippen LogP contribution is 2.25. The predicted octanol–water partition coefficient (Wildman–Crippen LogP) is 4.72. The molecule has 0 aliphatic heterocycles. The molecule has 12 heteroatoms. The van der Waals surface area contributed by atoms with Gasteiger partial charge < -0.3 is 24.8 Å². The Kier molecular flexibility index (Phi) is 9.45. The van der Waals surface area contributed by atoms with Crippen molar-refractivity contribution in [2.24, 2.45) is 0 Å². The second kappa shape index (κ2) is 13.2. The van der Waals surface area contributed by atoms with Crippen LogP contribution in [0.25, 0.3) is 5.69 Å². The van der Waals surface area contributed by atoms with Crippen LogP contribution in [0.1, 0.15) is 16.2 Å². The summed E-state index contributed by atoms with van der Waals surface area (Å²) in [6.45, 7) is 0.0972. The minimum atomic E-state index is -0.328. The zero-order valence-corrected chi connectivity index (χ0v) is 23.8. The van der Waals surface area contributed by atoms with Gasteiger partial charge in [0.2, 0.25) is 5.91 Å². The number of aromatic nitrogens is 3. The fourth-order valence-corrected chi connectivity index (χ4v) is 4.59. The molecule has 202 valence electrons. The van der Waals surface area contributed by atoms with Crippen LogP contribution in [0.3, 0.4) is 0 Å². The van der Waals surface area contributed by atoms with Crippen LogP contribution in [0.4, 0.5) is 5.69 Å². The highest BCUT2D eigenvalue weighted by molar-refractivity contribution is 9.10. The van der Waals surface area contributed by atoms with Gasteiger partial charge in [0.05, 0.1) is 33.6 Å². The molecule has 0 aliphatic carbocycles. The van der Waals surface area contributed by atoms with Gasteiger partial charge in [-0.25, -0.2) is 0 Å². The van der Waals surface area contributed by atoms with Gasteiger partial charge in [0.1, 0.15) is 17.2 Å². The summed E-state index contributed by atoms with van der Waals surface area (Å²) in [5.74, 6) is 1.79. The minimum absolute atomic E-state index is 0.0972. The van der Waals surface area contributed by atoms with Crippen LogP contribution in [-0.2, 0) is 11.3 Å². The van der Waals surface area contributed by atoms with E-state index in [0.29, 0.717) is 39.5 Å². The van der Waals surface area contributed by atoms with Gasteiger partial charge in [-0.05, 0) is 60.7 Å². The second-order valence-electron chi connectivity index (χ2n) is 8.06. The average molecular weight is 613 g/mol. The monoisotopic (exact) mass is 611 g/mol. The molecule has 0 unspecified atom stereocenters. The summed E-state index contributed by atoms with van der Waals surface area (Å²) in [6, 6.07) is 19.6. The standard InChI is InChI=1S/C27H26BrN5O5S/c1-36-21-10-6-19(7-11-21)30-25(34)16-39-27-32-31-24(33(27)20-8-4-18(28)5-9-20)15-29-26(35)17-12-22(37-2)14-23(13-17)38-3/h4-14H,15-16H2,1-3H3,(H,29,35)(H,30,34). The van der Waals surface area contributed by atoms with Crippen LogP contribution < -0.4 is 24.8 Å². The van der Waals surface area contributed by atoms with E-state index in [2.05, 4.69) is 36.8 Å². The van der Waals surface area contributed by atoms with Gasteiger partial charge in [0, 0.05) is 27.5 Å². The number of carbonyl (C=O) groups excluding carboxylic acids is 2. The van der Waals surface area contributed by atoms with E-state index < -0.39 is 0 Å². The van der Waals surface area contributed by atoms with E-state index in [0.717, 1.165) is 10.2 Å². The summed E-state index contributed by atoms with van der Waals surface area (Å²) < 4.78 is 18.4. The largest absolute Gasteiger partial charge is 0.497 e. The molecule has 0 bridgehead atoms. The molecule has 0 atom stereocenters. The third kappa shape index (κ3) is 7.30. The lowest BCUT2D eigenvalue weighted by atomic mass is 10.2. The fourth-order valence-electron chi connectivity index (χ4n) is 3.56. The summed E-state index contributed by atoms with van der Waals surface area (Å²) in [4.78, 5) is 25.5. The fraction of sp³-hybridized carbons (Fsp3) is 0.185. The Morgan fingerprint density at radius 1 is 0.872 bits per heavy atom. The average Bonchev–Trinajstić information content (AvgIpc) is 3.37. The van der Waals surface area contributed by atoms with E-state index in [4.69, 9.17) is 14.2 Å². The number of thioether (sulfide) groups is 1. The van der Waals surface area contributed by atoms with Crippen molar-refractivity contribution < 1.29 is 23.8 Å². The smallest absolute Gasteiger partial charge is 0.251 e. The summed E-state index contributed by atoms with van der Waals surface area (Å²) >= 11 is 4.69. The molecule has 3 aromatic carbocycles. The molecule has 4 aromatic rings. The van der Waals surface area contributed by atoms with Crippen LogP contribution in [0, 0.1) is 0 Å². The Morgan fingerprint density at radius 2 is 1.51 bits per heavy atom. The number of benzene rings is 3. The third-order valence-corrected chi connectivity index (χ3v) is 6.97. The van der Waals surface area contributed by atoms with E-state index in [1.165, 1.54) is 26.0 Å². The number of halogens is 1. The van der Waals surface area contributed by atoms with E-state index >= 15 is 0 Å². The molecule has 39 heavy (non-hydrogen) atoms. The molecule has 0 saturated carbocycles. The van der Waals surface area contributed by atoms with Crippen molar-refractivity contribution in [3.05, 3.63) is 82.6 Å². The maximum Gasteiger partial charge on any atom is 0.251 e. The van der Waals surface area contributed by atoms with Gasteiger partial charge in [0.25, 0.3) is 5.91 Å². The van der Waals surface area contributed by atoms with E-state index in [1.807, 2.05) is 28.8 Å². The van der Waals surface area contributed by atoms with Crippen molar-refractivity contribution in [2.75, 3.05) is 32.4 Å². The first-order valence-electron chi connectivity index (χ1n) is 11.7. The number of hydrogen-bond acceptors (Lipinski definition) is 8. The van der Waals surface area contributed by atoms with Crippen molar-refractivity contribution in [2.45, 2.75) is 11.7 Å². The highest BCUT2D eigenvalue weighted by atomic mass is 79.9. The zero-order chi connectivity index (χ0) is 27.8. The van der Waals surface area contributed by atoms with E-state index in [-0.39, 0.29) is 24.1 Å². The SMILES string of the molecule is COc1ccc(NC(=O)CSc2nnc(CNC(=O)c3cc(OC)cc(OC)c3)n2-c2ccc(Br)cc2)cc1. The zero-order valence-electron chi connectivity index (χ0n) is 21.4. The van der Waals surface area contributed by atoms with Gasteiger partial charge in [0.15, 0.2) is 11.0 Å². The molecule has 1 heterocycles. The number of carbonyl (C=O) groups is 2. The van der Waals surface area contributed by atoms with Crippen LogP contribution in [0.15, 0.2) is 76.4 Å². The topological polar surface area (TPSA) is 117 Å². The normalized spacial score (nSPS) is 10.6. The van der Waals surface area contributed by atoms with Gasteiger partial charge >= 0.3 is 0 Å². The second-order valence-corrected chi connectivity index (χ2v) is 9.92. The lowest BCUT2D eigenvalue weighted by Crippen LogP contribution is -2.24. The third-order valence-electron chi connectivity index (χ3n) is 5.51. The number of ether oxygens (including phenoxy) is 3. The van der Waals surface area contributed by atoms with Crippen molar-refractivity contribution >= 4 is 45.2 Å². The molecule has 2 amide bonds. The predicted molar refractivity (Wildman–Crippen MR) is 152 cm³/mol. The molecule has 10 nitrogen and oxygen atoms in total. The van der Waals surface area contributed by atoms with Crippen LogP contribution >= 0.6 is 27.7 Å². The first-order valence-corrected chi connectivity index (χ1v) is 13.5. The first kappa shape index (κ1) is 28.0. The number of rotatable bonds is 11. The van der Waals surface area contributed by atoms with E-state index in [9.17, 15) is 9.59 Å². The van der Waals surface area contributed by atoms with E-state index in [1.54, 1.807) is 49.6 Å². The van der Waals surface area contributed by atoms with Gasteiger partial charge in [-0.3, -0.25) is 14.2 Å². The molecule has 0 saturated heterocycles.